The number of halogens is 2. The van der Waals surface area contributed by atoms with E-state index in [1.807, 2.05) is 0 Å². The van der Waals surface area contributed by atoms with Crippen LogP contribution in [0.3, 0.4) is 0 Å². The molecule has 3 nitrogen and oxygen atoms in total. The largest absolute Gasteiger partial charge is 0.439 e. The van der Waals surface area contributed by atoms with E-state index >= 15 is 0 Å². The average molecular weight is 271 g/mol. The zero-order valence-corrected chi connectivity index (χ0v) is 10.7. The molecule has 0 amide bonds. The Balaban J connectivity index is 2.06. The highest BCUT2D eigenvalue weighted by Crippen LogP contribution is 2.34. The maximum Gasteiger partial charge on any atom is 0.198 e. The normalized spacial score (nSPS) is 17.8. The predicted molar refractivity (Wildman–Crippen MR) is 68.9 cm³/mol. The lowest BCUT2D eigenvalue weighted by Crippen LogP contribution is -2.26. The molecule has 0 atom stereocenters. The van der Waals surface area contributed by atoms with E-state index in [9.17, 15) is 0 Å². The molecule has 2 aromatic rings. The molecule has 0 spiro atoms. The molecule has 0 unspecified atom stereocenters. The molecule has 17 heavy (non-hydrogen) atoms. The van der Waals surface area contributed by atoms with Crippen LogP contribution in [-0.2, 0) is 0 Å². The molecule has 1 aliphatic heterocycles. The van der Waals surface area contributed by atoms with Crippen LogP contribution in [0.1, 0.15) is 24.7 Å². The molecule has 5 heteroatoms. The number of oxazole rings is 1. The topological polar surface area (TPSA) is 38.1 Å². The van der Waals surface area contributed by atoms with Crippen molar-refractivity contribution in [2.24, 2.45) is 0 Å². The summed E-state index contributed by atoms with van der Waals surface area (Å²) in [7, 11) is 0. The lowest BCUT2D eigenvalue weighted by molar-refractivity contribution is 0.385. The molecular formula is C12H12Cl2N2O. The summed E-state index contributed by atoms with van der Waals surface area (Å²) in [5, 5.41) is 4.48. The standard InChI is InChI=1S/C12H12Cl2N2O/c13-8-1-2-9(14)11-10(8)16-12(17-11)7-3-5-15-6-4-7/h1-2,7,15H,3-6H2. The second kappa shape index (κ2) is 4.48. The third-order valence-corrected chi connectivity index (χ3v) is 3.75. The number of hydrogen-bond donors (Lipinski definition) is 1. The fraction of sp³-hybridized carbons (Fsp3) is 0.417. The number of rotatable bonds is 1. The van der Waals surface area contributed by atoms with Gasteiger partial charge in [-0.1, -0.05) is 23.2 Å². The van der Waals surface area contributed by atoms with E-state index in [-0.39, 0.29) is 0 Å². The molecule has 0 aliphatic carbocycles. The van der Waals surface area contributed by atoms with E-state index in [2.05, 4.69) is 10.3 Å². The van der Waals surface area contributed by atoms with Crippen molar-refractivity contribution < 1.29 is 4.42 Å². The molecule has 1 N–H and O–H groups in total. The summed E-state index contributed by atoms with van der Waals surface area (Å²) < 4.78 is 5.76. The van der Waals surface area contributed by atoms with Crippen LogP contribution < -0.4 is 5.32 Å². The van der Waals surface area contributed by atoms with Gasteiger partial charge in [0.05, 0.1) is 10.0 Å². The first-order valence-corrected chi connectivity index (χ1v) is 6.46. The molecule has 1 aromatic carbocycles. The van der Waals surface area contributed by atoms with Crippen LogP contribution in [0.15, 0.2) is 16.5 Å². The Labute approximate surface area is 109 Å². The zero-order valence-electron chi connectivity index (χ0n) is 9.17. The average Bonchev–Trinajstić information content (AvgIpc) is 2.81. The minimum absolute atomic E-state index is 0.371. The second-order valence-corrected chi connectivity index (χ2v) is 5.10. The van der Waals surface area contributed by atoms with Crippen LogP contribution in [0.5, 0.6) is 0 Å². The van der Waals surface area contributed by atoms with Crippen molar-refractivity contribution in [1.82, 2.24) is 10.3 Å². The van der Waals surface area contributed by atoms with Gasteiger partial charge < -0.3 is 9.73 Å². The Bertz CT molecular complexity index is 508. The Morgan fingerprint density at radius 1 is 1.18 bits per heavy atom. The van der Waals surface area contributed by atoms with Gasteiger partial charge in [-0.05, 0) is 38.1 Å². The van der Waals surface area contributed by atoms with Gasteiger partial charge in [-0.15, -0.1) is 0 Å². The maximum absolute atomic E-state index is 6.09. The Kier molecular flexibility index (Phi) is 2.99. The van der Waals surface area contributed by atoms with Crippen LogP contribution in [0.25, 0.3) is 11.1 Å². The van der Waals surface area contributed by atoms with Gasteiger partial charge in [0.15, 0.2) is 11.5 Å². The maximum atomic E-state index is 6.09. The van der Waals surface area contributed by atoms with Crippen LogP contribution in [-0.4, -0.2) is 18.1 Å². The Morgan fingerprint density at radius 2 is 1.88 bits per heavy atom. The molecular weight excluding hydrogens is 259 g/mol. The lowest BCUT2D eigenvalue weighted by Gasteiger charge is -2.19. The first-order chi connectivity index (χ1) is 8.25. The first-order valence-electron chi connectivity index (χ1n) is 5.71. The molecule has 0 radical (unpaired) electrons. The van der Waals surface area contributed by atoms with Gasteiger partial charge in [0.2, 0.25) is 0 Å². The smallest absolute Gasteiger partial charge is 0.198 e. The Hall–Kier alpha value is -0.770. The summed E-state index contributed by atoms with van der Waals surface area (Å²) in [5.41, 5.74) is 1.28. The molecule has 0 bridgehead atoms. The summed E-state index contributed by atoms with van der Waals surface area (Å²) in [4.78, 5) is 4.49. The highest BCUT2D eigenvalue weighted by molar-refractivity contribution is 6.39. The zero-order chi connectivity index (χ0) is 11.8. The van der Waals surface area contributed by atoms with Crippen LogP contribution in [0.4, 0.5) is 0 Å². The third-order valence-electron chi connectivity index (χ3n) is 3.15. The molecule has 3 rings (SSSR count). The number of nitrogens with zero attached hydrogens (tertiary/aromatic N) is 1. The van der Waals surface area contributed by atoms with Crippen molar-refractivity contribution in [2.75, 3.05) is 13.1 Å². The number of piperidine rings is 1. The molecule has 0 saturated carbocycles. The van der Waals surface area contributed by atoms with Crippen molar-refractivity contribution in [3.05, 3.63) is 28.1 Å². The van der Waals surface area contributed by atoms with Crippen LogP contribution in [0, 0.1) is 0 Å². The number of fused-ring (bicyclic) bond motifs is 1. The monoisotopic (exact) mass is 270 g/mol. The fourth-order valence-corrected chi connectivity index (χ4v) is 2.59. The molecule has 1 fully saturated rings. The molecule has 1 aromatic heterocycles. The quantitative estimate of drug-likeness (QED) is 0.861. The van der Waals surface area contributed by atoms with Gasteiger partial charge in [-0.25, -0.2) is 4.98 Å². The number of benzene rings is 1. The minimum Gasteiger partial charge on any atom is -0.439 e. The van der Waals surface area contributed by atoms with Crippen LogP contribution in [0.2, 0.25) is 10.0 Å². The van der Waals surface area contributed by atoms with Gasteiger partial charge in [-0.2, -0.15) is 0 Å². The summed E-state index contributed by atoms with van der Waals surface area (Å²) in [6, 6.07) is 3.49. The van der Waals surface area contributed by atoms with Crippen molar-refractivity contribution >= 4 is 34.3 Å². The molecule has 90 valence electrons. The Morgan fingerprint density at radius 3 is 2.59 bits per heavy atom. The molecule has 1 aliphatic rings. The summed E-state index contributed by atoms with van der Waals surface area (Å²) in [5.74, 6) is 1.13. The van der Waals surface area contributed by atoms with Crippen LogP contribution >= 0.6 is 23.2 Å². The number of hydrogen-bond acceptors (Lipinski definition) is 3. The summed E-state index contributed by atoms with van der Waals surface area (Å²) in [6.45, 7) is 2.01. The van der Waals surface area contributed by atoms with Gasteiger partial charge in [0, 0.05) is 5.92 Å². The second-order valence-electron chi connectivity index (χ2n) is 4.28. The highest BCUT2D eigenvalue weighted by atomic mass is 35.5. The number of aromatic nitrogens is 1. The van der Waals surface area contributed by atoms with E-state index in [1.165, 1.54) is 0 Å². The fourth-order valence-electron chi connectivity index (χ4n) is 2.20. The van der Waals surface area contributed by atoms with E-state index in [0.717, 1.165) is 31.8 Å². The van der Waals surface area contributed by atoms with E-state index in [0.29, 0.717) is 27.1 Å². The van der Waals surface area contributed by atoms with Crippen molar-refractivity contribution in [1.29, 1.82) is 0 Å². The first kappa shape index (κ1) is 11.3. The third kappa shape index (κ3) is 2.03. The summed E-state index contributed by atoms with van der Waals surface area (Å²) in [6.07, 6.45) is 2.09. The van der Waals surface area contributed by atoms with Gasteiger partial charge in [-0.3, -0.25) is 0 Å². The predicted octanol–water partition coefficient (Wildman–Crippen LogP) is 3.60. The van der Waals surface area contributed by atoms with Crippen molar-refractivity contribution in [3.8, 4) is 0 Å². The lowest BCUT2D eigenvalue weighted by atomic mass is 9.98. The van der Waals surface area contributed by atoms with E-state index in [4.69, 9.17) is 27.6 Å². The van der Waals surface area contributed by atoms with Gasteiger partial charge >= 0.3 is 0 Å². The molecule has 2 heterocycles. The van der Waals surface area contributed by atoms with Gasteiger partial charge in [0.25, 0.3) is 0 Å². The van der Waals surface area contributed by atoms with Crippen molar-refractivity contribution in [2.45, 2.75) is 18.8 Å². The van der Waals surface area contributed by atoms with Gasteiger partial charge in [0.1, 0.15) is 5.52 Å². The highest BCUT2D eigenvalue weighted by Gasteiger charge is 2.22. The summed E-state index contributed by atoms with van der Waals surface area (Å²) >= 11 is 12.2. The number of nitrogens with one attached hydrogen (secondary N) is 1. The van der Waals surface area contributed by atoms with Crippen molar-refractivity contribution in [3.63, 3.8) is 0 Å². The molecule has 1 saturated heterocycles. The van der Waals surface area contributed by atoms with E-state index in [1.54, 1.807) is 12.1 Å². The van der Waals surface area contributed by atoms with E-state index < -0.39 is 0 Å². The minimum atomic E-state index is 0.371. The SMILES string of the molecule is Clc1ccc(Cl)c2oc(C3CCNCC3)nc12.